The van der Waals surface area contributed by atoms with Crippen molar-refractivity contribution in [1.29, 1.82) is 0 Å². The molecule has 3 aromatic rings. The second-order valence-corrected chi connectivity index (χ2v) is 6.44. The predicted octanol–water partition coefficient (Wildman–Crippen LogP) is 4.67. The lowest BCUT2D eigenvalue weighted by Crippen LogP contribution is -2.21. The van der Waals surface area contributed by atoms with E-state index in [1.807, 2.05) is 74.2 Å². The lowest BCUT2D eigenvalue weighted by Gasteiger charge is -2.21. The molecule has 0 atom stereocenters. The zero-order chi connectivity index (χ0) is 19.9. The number of aromatic nitrogens is 2. The normalized spacial score (nSPS) is 10.6. The summed E-state index contributed by atoms with van der Waals surface area (Å²) in [5.41, 5.74) is 1.87. The smallest absolute Gasteiger partial charge is 0.274 e. The number of ether oxygens (including phenoxy) is 1. The van der Waals surface area contributed by atoms with E-state index in [0.717, 1.165) is 5.69 Å². The summed E-state index contributed by atoms with van der Waals surface area (Å²) >= 11 is 0. The van der Waals surface area contributed by atoms with Gasteiger partial charge in [0.2, 0.25) is 5.95 Å². The maximum Gasteiger partial charge on any atom is 0.274 e. The van der Waals surface area contributed by atoms with Crippen LogP contribution < -0.4 is 15.0 Å². The van der Waals surface area contributed by atoms with Crippen LogP contribution in [0.2, 0.25) is 0 Å². The van der Waals surface area contributed by atoms with E-state index in [2.05, 4.69) is 15.3 Å². The summed E-state index contributed by atoms with van der Waals surface area (Å²) < 4.78 is 5.76. The summed E-state index contributed by atoms with van der Waals surface area (Å²) in [7, 11) is 0. The molecule has 28 heavy (non-hydrogen) atoms. The van der Waals surface area contributed by atoms with Crippen molar-refractivity contribution in [3.63, 3.8) is 0 Å². The van der Waals surface area contributed by atoms with E-state index < -0.39 is 0 Å². The van der Waals surface area contributed by atoms with Crippen LogP contribution in [0.15, 0.2) is 66.9 Å². The van der Waals surface area contributed by atoms with Crippen LogP contribution in [0.4, 0.5) is 17.3 Å². The first-order chi connectivity index (χ1) is 13.6. The lowest BCUT2D eigenvalue weighted by molar-refractivity contribution is 0.102. The SMILES string of the molecule is CCN(c1ccccc1)c1nccc(C(=O)Nc2ccccc2OC(C)C)n1. The molecule has 0 fully saturated rings. The highest BCUT2D eigenvalue weighted by Crippen LogP contribution is 2.26. The molecule has 6 nitrogen and oxygen atoms in total. The van der Waals surface area contributed by atoms with Crippen LogP contribution in [0.25, 0.3) is 0 Å². The van der Waals surface area contributed by atoms with Gasteiger partial charge in [-0.1, -0.05) is 30.3 Å². The van der Waals surface area contributed by atoms with Crippen LogP contribution in [0.3, 0.4) is 0 Å². The Kier molecular flexibility index (Phi) is 6.22. The van der Waals surface area contributed by atoms with Gasteiger partial charge in [0, 0.05) is 18.4 Å². The minimum absolute atomic E-state index is 0.00712. The third-order valence-electron chi connectivity index (χ3n) is 4.00. The molecular weight excluding hydrogens is 352 g/mol. The molecule has 0 radical (unpaired) electrons. The first kappa shape index (κ1) is 19.4. The molecule has 0 aliphatic rings. The zero-order valence-electron chi connectivity index (χ0n) is 16.3. The fourth-order valence-electron chi connectivity index (χ4n) is 2.77. The van der Waals surface area contributed by atoms with E-state index in [0.29, 0.717) is 29.6 Å². The van der Waals surface area contributed by atoms with Gasteiger partial charge in [-0.2, -0.15) is 0 Å². The van der Waals surface area contributed by atoms with Crippen molar-refractivity contribution < 1.29 is 9.53 Å². The van der Waals surface area contributed by atoms with Gasteiger partial charge in [0.25, 0.3) is 5.91 Å². The first-order valence-electron chi connectivity index (χ1n) is 9.31. The number of nitrogens with one attached hydrogen (secondary N) is 1. The Morgan fingerprint density at radius 1 is 1.07 bits per heavy atom. The number of anilines is 3. The minimum Gasteiger partial charge on any atom is -0.489 e. The van der Waals surface area contributed by atoms with Crippen LogP contribution in [-0.2, 0) is 0 Å². The lowest BCUT2D eigenvalue weighted by atomic mass is 10.2. The summed E-state index contributed by atoms with van der Waals surface area (Å²) in [5, 5.41) is 2.88. The summed E-state index contributed by atoms with van der Waals surface area (Å²) in [4.78, 5) is 23.5. The average molecular weight is 376 g/mol. The van der Waals surface area contributed by atoms with Crippen molar-refractivity contribution >= 4 is 23.2 Å². The van der Waals surface area contributed by atoms with Gasteiger partial charge in [0.1, 0.15) is 11.4 Å². The summed E-state index contributed by atoms with van der Waals surface area (Å²) in [6.45, 7) is 6.58. The third kappa shape index (κ3) is 4.65. The summed E-state index contributed by atoms with van der Waals surface area (Å²) in [6.07, 6.45) is 1.60. The van der Waals surface area contributed by atoms with E-state index in [-0.39, 0.29) is 12.0 Å². The topological polar surface area (TPSA) is 67.4 Å². The Morgan fingerprint density at radius 3 is 2.50 bits per heavy atom. The van der Waals surface area contributed by atoms with Gasteiger partial charge in [-0.15, -0.1) is 0 Å². The van der Waals surface area contributed by atoms with Crippen molar-refractivity contribution in [2.45, 2.75) is 26.9 Å². The Hall–Kier alpha value is -3.41. The van der Waals surface area contributed by atoms with Crippen molar-refractivity contribution in [3.8, 4) is 5.75 Å². The molecule has 1 heterocycles. The number of carbonyl (C=O) groups excluding carboxylic acids is 1. The molecule has 0 saturated carbocycles. The van der Waals surface area contributed by atoms with Crippen LogP contribution in [0, 0.1) is 0 Å². The van der Waals surface area contributed by atoms with Crippen molar-refractivity contribution in [2.24, 2.45) is 0 Å². The number of rotatable bonds is 7. The zero-order valence-corrected chi connectivity index (χ0v) is 16.3. The fraction of sp³-hybridized carbons (Fsp3) is 0.227. The average Bonchev–Trinajstić information content (AvgIpc) is 2.71. The molecule has 1 N–H and O–H groups in total. The Balaban J connectivity index is 1.83. The Labute approximate surface area is 165 Å². The standard InChI is InChI=1S/C22H24N4O2/c1-4-26(17-10-6-5-7-11-17)22-23-15-14-19(25-22)21(27)24-18-12-8-9-13-20(18)28-16(2)3/h5-16H,4H2,1-3H3,(H,24,27). The molecule has 3 rings (SSSR count). The molecule has 0 unspecified atom stereocenters. The summed E-state index contributed by atoms with van der Waals surface area (Å²) in [6, 6.07) is 18.8. The van der Waals surface area contributed by atoms with Crippen LogP contribution in [0.5, 0.6) is 5.75 Å². The third-order valence-corrected chi connectivity index (χ3v) is 4.00. The number of nitrogens with zero attached hydrogens (tertiary/aromatic N) is 3. The van der Waals surface area contributed by atoms with Crippen LogP contribution in [0.1, 0.15) is 31.3 Å². The van der Waals surface area contributed by atoms with Gasteiger partial charge in [0.15, 0.2) is 0 Å². The highest BCUT2D eigenvalue weighted by atomic mass is 16.5. The number of benzene rings is 2. The molecule has 0 saturated heterocycles. The summed E-state index contributed by atoms with van der Waals surface area (Å²) in [5.74, 6) is 0.792. The van der Waals surface area contributed by atoms with E-state index in [1.165, 1.54) is 0 Å². The molecule has 0 bridgehead atoms. The molecule has 6 heteroatoms. The number of hydrogen-bond acceptors (Lipinski definition) is 5. The van der Waals surface area contributed by atoms with E-state index in [1.54, 1.807) is 18.3 Å². The monoisotopic (exact) mass is 376 g/mol. The Bertz CT molecular complexity index is 929. The van der Waals surface area contributed by atoms with Crippen molar-refractivity contribution in [3.05, 3.63) is 72.6 Å². The molecule has 1 aromatic heterocycles. The van der Waals surface area contributed by atoms with E-state index >= 15 is 0 Å². The maximum absolute atomic E-state index is 12.8. The van der Waals surface area contributed by atoms with Gasteiger partial charge in [-0.05, 0) is 51.1 Å². The first-order valence-corrected chi connectivity index (χ1v) is 9.31. The number of hydrogen-bond donors (Lipinski definition) is 1. The Morgan fingerprint density at radius 2 is 1.79 bits per heavy atom. The molecule has 1 amide bonds. The number of amides is 1. The highest BCUT2D eigenvalue weighted by Gasteiger charge is 2.15. The second-order valence-electron chi connectivity index (χ2n) is 6.44. The number of para-hydroxylation sites is 3. The van der Waals surface area contributed by atoms with Crippen LogP contribution in [-0.4, -0.2) is 28.5 Å². The number of carbonyl (C=O) groups is 1. The maximum atomic E-state index is 12.8. The van der Waals surface area contributed by atoms with E-state index in [9.17, 15) is 4.79 Å². The van der Waals surface area contributed by atoms with Gasteiger partial charge in [0.05, 0.1) is 11.8 Å². The second kappa shape index (κ2) is 8.99. The van der Waals surface area contributed by atoms with Gasteiger partial charge in [-0.3, -0.25) is 4.79 Å². The highest BCUT2D eigenvalue weighted by molar-refractivity contribution is 6.03. The van der Waals surface area contributed by atoms with Gasteiger partial charge >= 0.3 is 0 Å². The molecule has 2 aromatic carbocycles. The fourth-order valence-corrected chi connectivity index (χ4v) is 2.77. The quantitative estimate of drug-likeness (QED) is 0.649. The minimum atomic E-state index is -0.312. The van der Waals surface area contributed by atoms with E-state index in [4.69, 9.17) is 4.74 Å². The molecular formula is C22H24N4O2. The molecule has 0 aliphatic heterocycles. The van der Waals surface area contributed by atoms with Gasteiger partial charge < -0.3 is 15.0 Å². The van der Waals surface area contributed by atoms with Crippen LogP contribution >= 0.6 is 0 Å². The molecule has 0 spiro atoms. The molecule has 144 valence electrons. The molecule has 0 aliphatic carbocycles. The predicted molar refractivity (Wildman–Crippen MR) is 111 cm³/mol. The van der Waals surface area contributed by atoms with Crippen molar-refractivity contribution in [2.75, 3.05) is 16.8 Å². The largest absolute Gasteiger partial charge is 0.489 e. The van der Waals surface area contributed by atoms with Gasteiger partial charge in [-0.25, -0.2) is 9.97 Å². The van der Waals surface area contributed by atoms with Crippen molar-refractivity contribution in [1.82, 2.24) is 9.97 Å².